The summed E-state index contributed by atoms with van der Waals surface area (Å²) in [5.74, 6) is -0.679. The molecule has 0 atom stereocenters. The van der Waals surface area contributed by atoms with Crippen LogP contribution in [-0.2, 0) is 11.3 Å². The highest BCUT2D eigenvalue weighted by molar-refractivity contribution is 6.02. The number of carbonyl (C=O) groups excluding carboxylic acids is 2. The maximum absolute atomic E-state index is 12.4. The van der Waals surface area contributed by atoms with Crippen molar-refractivity contribution in [2.75, 3.05) is 13.3 Å². The van der Waals surface area contributed by atoms with Crippen molar-refractivity contribution in [3.8, 4) is 0 Å². The summed E-state index contributed by atoms with van der Waals surface area (Å²) in [5.41, 5.74) is 1.25. The van der Waals surface area contributed by atoms with E-state index in [0.717, 1.165) is 0 Å². The second kappa shape index (κ2) is 7.70. The quantitative estimate of drug-likeness (QED) is 0.493. The first kappa shape index (κ1) is 17.5. The molecular weight excluding hydrogens is 338 g/mol. The van der Waals surface area contributed by atoms with Crippen LogP contribution in [0.5, 0.6) is 0 Å². The molecule has 0 aliphatic carbocycles. The largest absolute Gasteiger partial charge is 0.441 e. The van der Waals surface area contributed by atoms with Crippen LogP contribution in [0.4, 0.5) is 0 Å². The summed E-state index contributed by atoms with van der Waals surface area (Å²) >= 11 is 0. The van der Waals surface area contributed by atoms with Crippen LogP contribution in [0.15, 0.2) is 36.7 Å². The molecule has 134 valence electrons. The number of nitrogens with zero attached hydrogens (tertiary/aromatic N) is 4. The third kappa shape index (κ3) is 3.67. The number of rotatable bonds is 6. The SMILES string of the molecule is Cc1nc(C(=O)NCOC(=O)c2ccccc2)c2ncn(CCO)c2n1. The molecule has 0 fully saturated rings. The van der Waals surface area contributed by atoms with Gasteiger partial charge in [0.2, 0.25) is 0 Å². The first-order chi connectivity index (χ1) is 12.6. The van der Waals surface area contributed by atoms with E-state index < -0.39 is 11.9 Å². The number of benzene rings is 1. The van der Waals surface area contributed by atoms with Gasteiger partial charge in [0.05, 0.1) is 18.5 Å². The number of aryl methyl sites for hydroxylation is 1. The highest BCUT2D eigenvalue weighted by Gasteiger charge is 2.18. The van der Waals surface area contributed by atoms with Gasteiger partial charge in [0, 0.05) is 6.54 Å². The Bertz CT molecular complexity index is 939. The van der Waals surface area contributed by atoms with E-state index in [1.807, 2.05) is 0 Å². The van der Waals surface area contributed by atoms with E-state index >= 15 is 0 Å². The van der Waals surface area contributed by atoms with E-state index in [4.69, 9.17) is 9.84 Å². The monoisotopic (exact) mass is 355 g/mol. The molecule has 0 unspecified atom stereocenters. The van der Waals surface area contributed by atoms with Gasteiger partial charge in [0.25, 0.3) is 5.91 Å². The molecular formula is C17H17N5O4. The van der Waals surface area contributed by atoms with Crippen molar-refractivity contribution in [3.05, 3.63) is 53.7 Å². The normalized spacial score (nSPS) is 10.7. The molecule has 9 nitrogen and oxygen atoms in total. The molecule has 2 heterocycles. The number of amides is 1. The van der Waals surface area contributed by atoms with Crippen LogP contribution in [0.2, 0.25) is 0 Å². The summed E-state index contributed by atoms with van der Waals surface area (Å²) in [6.45, 7) is 1.59. The lowest BCUT2D eigenvalue weighted by molar-refractivity contribution is 0.0463. The van der Waals surface area contributed by atoms with E-state index in [2.05, 4.69) is 20.3 Å². The third-order valence-electron chi connectivity index (χ3n) is 3.58. The van der Waals surface area contributed by atoms with E-state index in [-0.39, 0.29) is 19.0 Å². The maximum atomic E-state index is 12.4. The highest BCUT2D eigenvalue weighted by atomic mass is 16.5. The van der Waals surface area contributed by atoms with E-state index in [0.29, 0.717) is 29.1 Å². The number of fused-ring (bicyclic) bond motifs is 1. The summed E-state index contributed by atoms with van der Waals surface area (Å²) in [4.78, 5) is 36.8. The van der Waals surface area contributed by atoms with Crippen molar-refractivity contribution in [1.82, 2.24) is 24.8 Å². The van der Waals surface area contributed by atoms with Crippen LogP contribution < -0.4 is 5.32 Å². The Morgan fingerprint density at radius 2 is 2.00 bits per heavy atom. The Kier molecular flexibility index (Phi) is 5.18. The van der Waals surface area contributed by atoms with Crippen LogP contribution in [0.3, 0.4) is 0 Å². The summed E-state index contributed by atoms with van der Waals surface area (Å²) in [5, 5.41) is 11.6. The predicted molar refractivity (Wildman–Crippen MR) is 91.3 cm³/mol. The molecule has 0 radical (unpaired) electrons. The van der Waals surface area contributed by atoms with E-state index in [1.54, 1.807) is 41.8 Å². The minimum Gasteiger partial charge on any atom is -0.441 e. The number of ether oxygens (including phenoxy) is 1. The minimum absolute atomic E-state index is 0.0779. The smallest absolute Gasteiger partial charge is 0.339 e. The number of nitrogens with one attached hydrogen (secondary N) is 1. The first-order valence-corrected chi connectivity index (χ1v) is 7.91. The third-order valence-corrected chi connectivity index (χ3v) is 3.58. The number of carbonyl (C=O) groups is 2. The van der Waals surface area contributed by atoms with Gasteiger partial charge in [-0.05, 0) is 19.1 Å². The van der Waals surface area contributed by atoms with Gasteiger partial charge in [-0.25, -0.2) is 19.7 Å². The Morgan fingerprint density at radius 1 is 1.23 bits per heavy atom. The lowest BCUT2D eigenvalue weighted by Crippen LogP contribution is -2.29. The van der Waals surface area contributed by atoms with Crippen LogP contribution in [0.25, 0.3) is 11.2 Å². The summed E-state index contributed by atoms with van der Waals surface area (Å²) < 4.78 is 6.67. The average Bonchev–Trinajstić information content (AvgIpc) is 3.04. The van der Waals surface area contributed by atoms with Crippen molar-refractivity contribution < 1.29 is 19.4 Å². The van der Waals surface area contributed by atoms with Crippen LogP contribution in [0.1, 0.15) is 26.7 Å². The van der Waals surface area contributed by atoms with Gasteiger partial charge in [-0.15, -0.1) is 0 Å². The summed E-state index contributed by atoms with van der Waals surface area (Å²) in [6.07, 6.45) is 1.49. The van der Waals surface area contributed by atoms with Crippen molar-refractivity contribution in [2.24, 2.45) is 0 Å². The zero-order valence-corrected chi connectivity index (χ0v) is 14.0. The van der Waals surface area contributed by atoms with Crippen LogP contribution >= 0.6 is 0 Å². The van der Waals surface area contributed by atoms with Crippen molar-refractivity contribution in [1.29, 1.82) is 0 Å². The Labute approximate surface area is 148 Å². The molecule has 26 heavy (non-hydrogen) atoms. The molecule has 3 aromatic rings. The fraction of sp³-hybridized carbons (Fsp3) is 0.235. The number of imidazole rings is 1. The molecule has 1 amide bonds. The molecule has 2 aromatic heterocycles. The molecule has 0 aliphatic heterocycles. The Morgan fingerprint density at radius 3 is 2.73 bits per heavy atom. The fourth-order valence-corrected chi connectivity index (χ4v) is 2.39. The molecule has 9 heteroatoms. The van der Waals surface area contributed by atoms with Crippen molar-refractivity contribution in [3.63, 3.8) is 0 Å². The lowest BCUT2D eigenvalue weighted by atomic mass is 10.2. The molecule has 3 rings (SSSR count). The molecule has 0 bridgehead atoms. The van der Waals surface area contributed by atoms with Gasteiger partial charge < -0.3 is 19.7 Å². The predicted octanol–water partition coefficient (Wildman–Crippen LogP) is 0.671. The van der Waals surface area contributed by atoms with Crippen LogP contribution in [-0.4, -0.2) is 49.8 Å². The second-order valence-corrected chi connectivity index (χ2v) is 5.40. The first-order valence-electron chi connectivity index (χ1n) is 7.91. The number of esters is 1. The number of aliphatic hydroxyl groups excluding tert-OH is 1. The molecule has 0 aliphatic rings. The fourth-order valence-electron chi connectivity index (χ4n) is 2.39. The molecule has 1 aromatic carbocycles. The zero-order valence-electron chi connectivity index (χ0n) is 14.0. The van der Waals surface area contributed by atoms with Gasteiger partial charge in [-0.1, -0.05) is 18.2 Å². The van der Waals surface area contributed by atoms with Crippen molar-refractivity contribution in [2.45, 2.75) is 13.5 Å². The highest BCUT2D eigenvalue weighted by Crippen LogP contribution is 2.14. The van der Waals surface area contributed by atoms with Gasteiger partial charge in [0.15, 0.2) is 18.1 Å². The molecule has 0 saturated carbocycles. The topological polar surface area (TPSA) is 119 Å². The number of hydrogen-bond donors (Lipinski definition) is 2. The van der Waals surface area contributed by atoms with Crippen LogP contribution in [0, 0.1) is 6.92 Å². The summed E-state index contributed by atoms with van der Waals surface area (Å²) in [6, 6.07) is 8.47. The van der Waals surface area contributed by atoms with Gasteiger partial charge >= 0.3 is 5.97 Å². The van der Waals surface area contributed by atoms with Gasteiger partial charge in [0.1, 0.15) is 11.3 Å². The molecule has 2 N–H and O–H groups in total. The second-order valence-electron chi connectivity index (χ2n) is 5.40. The number of aromatic nitrogens is 4. The van der Waals surface area contributed by atoms with Gasteiger partial charge in [-0.2, -0.15) is 0 Å². The lowest BCUT2D eigenvalue weighted by Gasteiger charge is -2.08. The van der Waals surface area contributed by atoms with E-state index in [9.17, 15) is 9.59 Å². The Hall–Kier alpha value is -3.33. The number of hydrogen-bond acceptors (Lipinski definition) is 7. The Balaban J connectivity index is 1.71. The minimum atomic E-state index is -0.540. The zero-order chi connectivity index (χ0) is 18.5. The molecule has 0 saturated heterocycles. The average molecular weight is 355 g/mol. The van der Waals surface area contributed by atoms with Crippen molar-refractivity contribution >= 4 is 23.0 Å². The maximum Gasteiger partial charge on any atom is 0.339 e. The standard InChI is InChI=1S/C17H17N5O4/c1-11-20-14(13-15(21-11)22(7-8-23)9-18-13)16(24)19-10-26-17(25)12-5-3-2-4-6-12/h2-6,9,23H,7-8,10H2,1H3,(H,19,24). The van der Waals surface area contributed by atoms with E-state index in [1.165, 1.54) is 6.33 Å². The number of aliphatic hydroxyl groups is 1. The summed E-state index contributed by atoms with van der Waals surface area (Å²) in [7, 11) is 0. The van der Waals surface area contributed by atoms with Gasteiger partial charge in [-0.3, -0.25) is 4.79 Å². The molecule has 0 spiro atoms.